The second kappa shape index (κ2) is 5.16. The molecule has 1 aromatic heterocycles. The first-order chi connectivity index (χ1) is 10.4. The summed E-state index contributed by atoms with van der Waals surface area (Å²) >= 11 is 0. The fourth-order valence-electron chi connectivity index (χ4n) is 3.22. The summed E-state index contributed by atoms with van der Waals surface area (Å²) in [6.07, 6.45) is 1.26. The van der Waals surface area contributed by atoms with E-state index in [0.717, 1.165) is 34.2 Å². The first kappa shape index (κ1) is 14.6. The Morgan fingerprint density at radius 1 is 1.32 bits per heavy atom. The number of aromatic nitrogens is 1. The van der Waals surface area contributed by atoms with Gasteiger partial charge in [0.05, 0.1) is 12.6 Å². The maximum Gasteiger partial charge on any atom is 0.329 e. The SMILES string of the molecule is COc1cc2c3c(n(OC(C)=O)c2cc1C)C(=O)CC(C)C3. The number of carbonyl (C=O) groups excluding carboxylic acids is 2. The van der Waals surface area contributed by atoms with Crippen molar-refractivity contribution in [3.8, 4) is 5.75 Å². The molecule has 22 heavy (non-hydrogen) atoms. The second-order valence-electron chi connectivity index (χ2n) is 5.98. The fraction of sp³-hybridized carbons (Fsp3) is 0.412. The van der Waals surface area contributed by atoms with Crippen molar-refractivity contribution in [1.29, 1.82) is 0 Å². The van der Waals surface area contributed by atoms with Gasteiger partial charge in [-0.3, -0.25) is 4.79 Å². The van der Waals surface area contributed by atoms with Gasteiger partial charge in [0.2, 0.25) is 0 Å². The Morgan fingerprint density at radius 2 is 2.05 bits per heavy atom. The molecule has 0 spiro atoms. The molecule has 5 nitrogen and oxygen atoms in total. The van der Waals surface area contributed by atoms with Crippen molar-refractivity contribution < 1.29 is 19.2 Å². The number of hydrogen-bond acceptors (Lipinski definition) is 4. The third kappa shape index (κ3) is 2.17. The van der Waals surface area contributed by atoms with Gasteiger partial charge in [-0.25, -0.2) is 4.79 Å². The number of hydrogen-bond donors (Lipinski definition) is 0. The van der Waals surface area contributed by atoms with Gasteiger partial charge in [0.25, 0.3) is 0 Å². The lowest BCUT2D eigenvalue weighted by Gasteiger charge is -2.18. The molecule has 1 heterocycles. The van der Waals surface area contributed by atoms with E-state index in [1.807, 2.05) is 19.1 Å². The molecule has 1 aliphatic carbocycles. The highest BCUT2D eigenvalue weighted by molar-refractivity contribution is 6.04. The largest absolute Gasteiger partial charge is 0.496 e. The number of rotatable bonds is 2. The molecule has 0 saturated carbocycles. The van der Waals surface area contributed by atoms with Crippen LogP contribution in [0, 0.1) is 12.8 Å². The van der Waals surface area contributed by atoms with Gasteiger partial charge in [-0.1, -0.05) is 6.92 Å². The normalized spacial score (nSPS) is 17.5. The fourth-order valence-corrected chi connectivity index (χ4v) is 3.22. The zero-order valence-electron chi connectivity index (χ0n) is 13.2. The minimum Gasteiger partial charge on any atom is -0.496 e. The van der Waals surface area contributed by atoms with E-state index in [2.05, 4.69) is 6.92 Å². The van der Waals surface area contributed by atoms with E-state index in [-0.39, 0.29) is 11.7 Å². The summed E-state index contributed by atoms with van der Waals surface area (Å²) in [6, 6.07) is 3.82. The van der Waals surface area contributed by atoms with E-state index < -0.39 is 5.97 Å². The molecule has 2 aromatic rings. The Bertz CT molecular complexity index is 788. The summed E-state index contributed by atoms with van der Waals surface area (Å²) in [7, 11) is 1.62. The van der Waals surface area contributed by atoms with Crippen molar-refractivity contribution in [1.82, 2.24) is 4.73 Å². The minimum atomic E-state index is -0.445. The molecular weight excluding hydrogens is 282 g/mol. The van der Waals surface area contributed by atoms with Gasteiger partial charge in [-0.15, -0.1) is 0 Å². The number of ether oxygens (including phenoxy) is 1. The molecule has 3 rings (SSSR count). The van der Waals surface area contributed by atoms with Crippen molar-refractivity contribution in [2.75, 3.05) is 7.11 Å². The van der Waals surface area contributed by atoms with Crippen molar-refractivity contribution in [3.05, 3.63) is 29.0 Å². The van der Waals surface area contributed by atoms with Gasteiger partial charge < -0.3 is 9.57 Å². The average Bonchev–Trinajstić information content (AvgIpc) is 2.71. The zero-order valence-corrected chi connectivity index (χ0v) is 13.2. The third-order valence-electron chi connectivity index (χ3n) is 4.12. The molecule has 0 radical (unpaired) electrons. The van der Waals surface area contributed by atoms with Crippen molar-refractivity contribution in [3.63, 3.8) is 0 Å². The molecule has 1 atom stereocenters. The van der Waals surface area contributed by atoms with Gasteiger partial charge in [0.1, 0.15) is 11.4 Å². The summed E-state index contributed by atoms with van der Waals surface area (Å²) in [5, 5.41) is 0.915. The van der Waals surface area contributed by atoms with Crippen LogP contribution in [0.15, 0.2) is 12.1 Å². The number of fused-ring (bicyclic) bond motifs is 3. The van der Waals surface area contributed by atoms with Gasteiger partial charge in [-0.05, 0) is 42.5 Å². The van der Waals surface area contributed by atoms with Gasteiger partial charge in [0, 0.05) is 18.7 Å². The molecule has 0 amide bonds. The van der Waals surface area contributed by atoms with E-state index in [0.29, 0.717) is 12.1 Å². The lowest BCUT2D eigenvalue weighted by molar-refractivity contribution is -0.141. The molecule has 0 bridgehead atoms. The minimum absolute atomic E-state index is 0.0165. The topological polar surface area (TPSA) is 57.5 Å². The zero-order chi connectivity index (χ0) is 16.0. The van der Waals surface area contributed by atoms with Gasteiger partial charge in [0.15, 0.2) is 5.78 Å². The van der Waals surface area contributed by atoms with Crippen LogP contribution in [0.3, 0.4) is 0 Å². The summed E-state index contributed by atoms with van der Waals surface area (Å²) < 4.78 is 6.78. The lowest BCUT2D eigenvalue weighted by Crippen LogP contribution is -2.25. The molecule has 1 unspecified atom stereocenters. The number of aryl methyl sites for hydroxylation is 1. The van der Waals surface area contributed by atoms with E-state index >= 15 is 0 Å². The van der Waals surface area contributed by atoms with E-state index in [4.69, 9.17) is 9.57 Å². The first-order valence-electron chi connectivity index (χ1n) is 7.36. The van der Waals surface area contributed by atoms with Gasteiger partial charge >= 0.3 is 5.97 Å². The molecule has 0 fully saturated rings. The standard InChI is InChI=1S/C17H19NO4/c1-9-5-13-12-8-16(21-4)10(2)7-14(12)18(22-11(3)19)17(13)15(20)6-9/h7-9H,5-6H2,1-4H3. The van der Waals surface area contributed by atoms with Crippen LogP contribution in [0.5, 0.6) is 5.75 Å². The van der Waals surface area contributed by atoms with Crippen LogP contribution in [0.2, 0.25) is 0 Å². The Labute approximate surface area is 128 Å². The lowest BCUT2D eigenvalue weighted by atomic mass is 9.87. The number of nitrogens with zero attached hydrogens (tertiary/aromatic N) is 1. The highest BCUT2D eigenvalue weighted by Gasteiger charge is 2.31. The predicted octanol–water partition coefficient (Wildman–Crippen LogP) is 2.70. The van der Waals surface area contributed by atoms with Crippen LogP contribution >= 0.6 is 0 Å². The van der Waals surface area contributed by atoms with Crippen molar-refractivity contribution in [2.24, 2.45) is 5.92 Å². The molecule has 1 aliphatic rings. The summed E-state index contributed by atoms with van der Waals surface area (Å²) in [5.74, 6) is 0.618. The highest BCUT2D eigenvalue weighted by atomic mass is 16.7. The number of carbonyl (C=O) groups is 2. The Hall–Kier alpha value is -2.30. The van der Waals surface area contributed by atoms with E-state index in [1.165, 1.54) is 11.7 Å². The first-order valence-corrected chi connectivity index (χ1v) is 7.36. The Kier molecular flexibility index (Phi) is 3.43. The molecule has 0 N–H and O–H groups in total. The number of benzene rings is 1. The van der Waals surface area contributed by atoms with Crippen LogP contribution in [0.25, 0.3) is 10.9 Å². The summed E-state index contributed by atoms with van der Waals surface area (Å²) in [5.41, 5.74) is 3.11. The molecule has 1 aromatic carbocycles. The quantitative estimate of drug-likeness (QED) is 0.855. The number of Topliss-reactive ketones (excluding diaryl/α,β-unsaturated/α-hetero) is 1. The molecule has 5 heteroatoms. The van der Waals surface area contributed by atoms with E-state index in [1.54, 1.807) is 7.11 Å². The average molecular weight is 301 g/mol. The maximum absolute atomic E-state index is 12.5. The van der Waals surface area contributed by atoms with Crippen molar-refractivity contribution in [2.45, 2.75) is 33.6 Å². The van der Waals surface area contributed by atoms with Crippen LogP contribution < -0.4 is 9.57 Å². The second-order valence-corrected chi connectivity index (χ2v) is 5.98. The smallest absolute Gasteiger partial charge is 0.329 e. The number of ketones is 1. The van der Waals surface area contributed by atoms with Crippen LogP contribution in [0.1, 0.15) is 41.9 Å². The van der Waals surface area contributed by atoms with Crippen molar-refractivity contribution >= 4 is 22.7 Å². The molecule has 0 saturated heterocycles. The molecule has 116 valence electrons. The van der Waals surface area contributed by atoms with E-state index in [9.17, 15) is 9.59 Å². The summed E-state index contributed by atoms with van der Waals surface area (Å²) in [4.78, 5) is 29.2. The maximum atomic E-state index is 12.5. The Balaban J connectivity index is 2.36. The summed E-state index contributed by atoms with van der Waals surface area (Å²) in [6.45, 7) is 5.32. The predicted molar refractivity (Wildman–Crippen MR) is 82.3 cm³/mol. The third-order valence-corrected chi connectivity index (χ3v) is 4.12. The highest BCUT2D eigenvalue weighted by Crippen LogP contribution is 2.36. The number of methoxy groups -OCH3 is 1. The van der Waals surface area contributed by atoms with Crippen LogP contribution in [0.4, 0.5) is 0 Å². The van der Waals surface area contributed by atoms with Gasteiger partial charge in [-0.2, -0.15) is 4.73 Å². The Morgan fingerprint density at radius 3 is 2.68 bits per heavy atom. The monoisotopic (exact) mass is 301 g/mol. The molecule has 0 aliphatic heterocycles. The molecular formula is C17H19NO4. The van der Waals surface area contributed by atoms with Crippen LogP contribution in [-0.4, -0.2) is 23.6 Å². The van der Waals surface area contributed by atoms with Crippen LogP contribution in [-0.2, 0) is 11.2 Å².